The second kappa shape index (κ2) is 11.9. The first-order chi connectivity index (χ1) is 20.8. The summed E-state index contributed by atoms with van der Waals surface area (Å²) in [5, 5.41) is 6.79. The Morgan fingerprint density at radius 1 is 1.12 bits per heavy atom. The smallest absolute Gasteiger partial charge is 0.331 e. The fourth-order valence-corrected chi connectivity index (χ4v) is 6.50. The number of piperidine rings is 1. The molecule has 10 heteroatoms. The van der Waals surface area contributed by atoms with Crippen molar-refractivity contribution >= 4 is 56.5 Å². The molecule has 0 aliphatic carbocycles. The molecule has 2 N–H and O–H groups in total. The van der Waals surface area contributed by atoms with Crippen LogP contribution in [0, 0.1) is 12.8 Å². The Morgan fingerprint density at radius 2 is 1.93 bits per heavy atom. The summed E-state index contributed by atoms with van der Waals surface area (Å²) >= 11 is 1.25. The molecule has 1 saturated heterocycles. The molecule has 0 bridgehead atoms. The highest BCUT2D eigenvalue weighted by atomic mass is 32.1. The number of pyridine rings is 1. The van der Waals surface area contributed by atoms with Crippen molar-refractivity contribution in [1.29, 1.82) is 0 Å². The van der Waals surface area contributed by atoms with E-state index < -0.39 is 0 Å². The number of benzene rings is 2. The number of aryl methyl sites for hydroxylation is 1. The molecule has 220 valence electrons. The van der Waals surface area contributed by atoms with E-state index in [9.17, 15) is 14.4 Å². The first-order valence-corrected chi connectivity index (χ1v) is 15.2. The maximum atomic E-state index is 13.6. The number of allylic oxidation sites excluding steroid dienone is 1. The summed E-state index contributed by atoms with van der Waals surface area (Å²) in [6, 6.07) is 16.4. The van der Waals surface area contributed by atoms with Crippen LogP contribution in [0.4, 0.5) is 21.9 Å². The number of rotatable bonds is 7. The Bertz CT molecular complexity index is 1730. The number of aromatic nitrogens is 1. The molecule has 4 heterocycles. The van der Waals surface area contributed by atoms with E-state index in [0.29, 0.717) is 45.6 Å². The summed E-state index contributed by atoms with van der Waals surface area (Å²) in [5.74, 6) is 1.36. The van der Waals surface area contributed by atoms with Gasteiger partial charge in [-0.3, -0.25) is 14.5 Å². The minimum atomic E-state index is -0.362. The van der Waals surface area contributed by atoms with Crippen LogP contribution in [0.5, 0.6) is 11.5 Å². The largest absolute Gasteiger partial charge is 0.457 e. The standard InChI is InChI=1S/C33H33N5O4S/c1-20(2)11-14-27(39)37-17-7-8-22(19-37)35-31(40)30-29-28-26(15-16-34-32(28)43-30)38(33(41)36-29)25-13-12-24(18-21(25)3)42-23-9-5-4-6-10-23/h4-6,9-16,18,20,22H,7-8,17,19H2,1-3H3,(H,35,40)(H,36,41)/b14-11+. The van der Waals surface area contributed by atoms with Crippen LogP contribution in [0.2, 0.25) is 0 Å². The van der Waals surface area contributed by atoms with E-state index in [4.69, 9.17) is 4.74 Å². The zero-order chi connectivity index (χ0) is 30.1. The molecule has 1 fully saturated rings. The number of carbonyl (C=O) groups excluding carboxylic acids is 3. The summed E-state index contributed by atoms with van der Waals surface area (Å²) in [6.45, 7) is 7.09. The predicted molar refractivity (Wildman–Crippen MR) is 170 cm³/mol. The normalized spacial score (nSPS) is 16.6. The molecular formula is C33H33N5O4S. The third-order valence-electron chi connectivity index (χ3n) is 7.53. The molecule has 2 aromatic heterocycles. The van der Waals surface area contributed by atoms with Gasteiger partial charge in [0.05, 0.1) is 22.4 Å². The number of hydrogen-bond acceptors (Lipinski definition) is 6. The van der Waals surface area contributed by atoms with Crippen LogP contribution in [0.15, 0.2) is 72.9 Å². The SMILES string of the molecule is Cc1cc(Oc2ccccc2)ccc1N1C(=O)Nc2c(C(=O)NC3CCCN(C(=O)/C=C/C(C)C)C3)sc3nccc1c23. The predicted octanol–water partition coefficient (Wildman–Crippen LogP) is 7.01. The van der Waals surface area contributed by atoms with Crippen LogP contribution in [0.1, 0.15) is 41.9 Å². The van der Waals surface area contributed by atoms with E-state index in [2.05, 4.69) is 15.6 Å². The summed E-state index contributed by atoms with van der Waals surface area (Å²) in [6.07, 6.45) is 6.74. The van der Waals surface area contributed by atoms with Crippen molar-refractivity contribution < 1.29 is 19.1 Å². The number of carbonyl (C=O) groups is 3. The first-order valence-electron chi connectivity index (χ1n) is 14.4. The van der Waals surface area contributed by atoms with Gasteiger partial charge in [-0.15, -0.1) is 11.3 Å². The van der Waals surface area contributed by atoms with E-state index in [1.54, 1.807) is 28.1 Å². The van der Waals surface area contributed by atoms with Gasteiger partial charge in [-0.2, -0.15) is 0 Å². The van der Waals surface area contributed by atoms with E-state index in [0.717, 1.165) is 29.5 Å². The van der Waals surface area contributed by atoms with Crippen LogP contribution >= 0.6 is 11.3 Å². The number of nitrogens with zero attached hydrogens (tertiary/aromatic N) is 3. The number of anilines is 3. The molecule has 43 heavy (non-hydrogen) atoms. The minimum Gasteiger partial charge on any atom is -0.457 e. The Morgan fingerprint density at radius 3 is 2.70 bits per heavy atom. The lowest BCUT2D eigenvalue weighted by Crippen LogP contribution is -2.49. The maximum absolute atomic E-state index is 13.6. The van der Waals surface area contributed by atoms with Crippen molar-refractivity contribution in [1.82, 2.24) is 15.2 Å². The second-order valence-corrected chi connectivity index (χ2v) is 12.1. The van der Waals surface area contributed by atoms with Crippen molar-refractivity contribution in [2.24, 2.45) is 5.92 Å². The number of para-hydroxylation sites is 1. The molecule has 0 radical (unpaired) electrons. The first kappa shape index (κ1) is 28.4. The lowest BCUT2D eigenvalue weighted by molar-refractivity contribution is -0.127. The van der Waals surface area contributed by atoms with Gasteiger partial charge in [0.15, 0.2) is 0 Å². The van der Waals surface area contributed by atoms with E-state index in [-0.39, 0.29) is 29.8 Å². The number of hydrogen-bond donors (Lipinski definition) is 2. The van der Waals surface area contributed by atoms with E-state index >= 15 is 0 Å². The van der Waals surface area contributed by atoms with Crippen LogP contribution in [0.25, 0.3) is 10.2 Å². The van der Waals surface area contributed by atoms with Crippen LogP contribution in [0.3, 0.4) is 0 Å². The number of urea groups is 1. The fraction of sp³-hybridized carbons (Fsp3) is 0.273. The lowest BCUT2D eigenvalue weighted by Gasteiger charge is -2.32. The van der Waals surface area contributed by atoms with Crippen molar-refractivity contribution in [3.8, 4) is 11.5 Å². The van der Waals surface area contributed by atoms with Gasteiger partial charge >= 0.3 is 6.03 Å². The minimum absolute atomic E-state index is 0.0410. The number of ether oxygens (including phenoxy) is 1. The van der Waals surface area contributed by atoms with Gasteiger partial charge in [0, 0.05) is 25.3 Å². The van der Waals surface area contributed by atoms with Crippen molar-refractivity contribution in [3.63, 3.8) is 0 Å². The Kier molecular flexibility index (Phi) is 7.86. The number of nitrogens with one attached hydrogen (secondary N) is 2. The molecule has 6 rings (SSSR count). The summed E-state index contributed by atoms with van der Waals surface area (Å²) in [5.41, 5.74) is 2.67. The molecule has 0 saturated carbocycles. The number of amides is 4. The zero-order valence-corrected chi connectivity index (χ0v) is 25.1. The van der Waals surface area contributed by atoms with Crippen molar-refractivity contribution in [2.75, 3.05) is 23.3 Å². The summed E-state index contributed by atoms with van der Waals surface area (Å²) < 4.78 is 5.98. The molecule has 9 nitrogen and oxygen atoms in total. The van der Waals surface area contributed by atoms with Gasteiger partial charge in [0.2, 0.25) is 5.91 Å². The molecule has 4 amide bonds. The third-order valence-corrected chi connectivity index (χ3v) is 8.63. The fourth-order valence-electron chi connectivity index (χ4n) is 5.48. The highest BCUT2D eigenvalue weighted by molar-refractivity contribution is 7.21. The lowest BCUT2D eigenvalue weighted by atomic mass is 10.0. The quantitative estimate of drug-likeness (QED) is 0.224. The van der Waals surface area contributed by atoms with Crippen LogP contribution in [-0.2, 0) is 4.79 Å². The summed E-state index contributed by atoms with van der Waals surface area (Å²) in [4.78, 5) is 48.8. The molecule has 2 aliphatic rings. The van der Waals surface area contributed by atoms with E-state index in [1.807, 2.05) is 75.4 Å². The van der Waals surface area contributed by atoms with E-state index in [1.165, 1.54) is 11.3 Å². The molecule has 1 atom stereocenters. The van der Waals surface area contributed by atoms with Gasteiger partial charge in [-0.05, 0) is 73.7 Å². The van der Waals surface area contributed by atoms with Crippen LogP contribution in [-0.4, -0.2) is 46.9 Å². The van der Waals surface area contributed by atoms with Crippen molar-refractivity contribution in [2.45, 2.75) is 39.7 Å². The van der Waals surface area contributed by atoms with Gasteiger partial charge in [-0.25, -0.2) is 9.78 Å². The maximum Gasteiger partial charge on any atom is 0.331 e. The molecule has 0 spiro atoms. The zero-order valence-electron chi connectivity index (χ0n) is 24.3. The Hall–Kier alpha value is -4.70. The molecule has 1 unspecified atom stereocenters. The highest BCUT2D eigenvalue weighted by Gasteiger charge is 2.34. The van der Waals surface area contributed by atoms with Gasteiger partial charge in [-0.1, -0.05) is 38.1 Å². The molecular weight excluding hydrogens is 562 g/mol. The van der Waals surface area contributed by atoms with Gasteiger partial charge in [0.25, 0.3) is 5.91 Å². The molecule has 4 aromatic rings. The average Bonchev–Trinajstić information content (AvgIpc) is 3.37. The average molecular weight is 596 g/mol. The second-order valence-electron chi connectivity index (χ2n) is 11.1. The van der Waals surface area contributed by atoms with Gasteiger partial charge < -0.3 is 20.3 Å². The summed E-state index contributed by atoms with van der Waals surface area (Å²) in [7, 11) is 0. The third kappa shape index (κ3) is 5.83. The molecule has 2 aromatic carbocycles. The topological polar surface area (TPSA) is 104 Å². The number of thiophene rings is 1. The van der Waals surface area contributed by atoms with Crippen LogP contribution < -0.4 is 20.3 Å². The van der Waals surface area contributed by atoms with Gasteiger partial charge in [0.1, 0.15) is 21.2 Å². The number of likely N-dealkylation sites (tertiary alicyclic amines) is 1. The Balaban J connectivity index is 1.25. The monoisotopic (exact) mass is 595 g/mol. The Labute approximate surface area is 254 Å². The van der Waals surface area contributed by atoms with Crippen molar-refractivity contribution in [3.05, 3.63) is 83.4 Å². The highest BCUT2D eigenvalue weighted by Crippen LogP contribution is 2.46. The molecule has 2 aliphatic heterocycles.